The van der Waals surface area contributed by atoms with E-state index < -0.39 is 0 Å². The average molecular weight is 313 g/mol. The van der Waals surface area contributed by atoms with Crippen LogP contribution in [0.15, 0.2) is 24.3 Å². The van der Waals surface area contributed by atoms with Gasteiger partial charge in [-0.05, 0) is 44.5 Å². The number of hydrogen-bond acceptors (Lipinski definition) is 4. The van der Waals surface area contributed by atoms with Crippen molar-refractivity contribution < 1.29 is 14.3 Å². The molecule has 2 rings (SSSR count). The molecule has 1 aromatic carbocycles. The smallest absolute Gasteiger partial charge is 0.338 e. The summed E-state index contributed by atoms with van der Waals surface area (Å²) in [6, 6.07) is 6.67. The van der Waals surface area contributed by atoms with E-state index in [2.05, 4.69) is 10.6 Å². The molecule has 21 heavy (non-hydrogen) atoms. The molecule has 116 valence electrons. The number of rotatable bonds is 4. The van der Waals surface area contributed by atoms with E-state index in [4.69, 9.17) is 4.74 Å². The number of ether oxygens (including phenoxy) is 1. The van der Waals surface area contributed by atoms with E-state index in [-0.39, 0.29) is 30.3 Å². The molecule has 5 nitrogen and oxygen atoms in total. The quantitative estimate of drug-likeness (QED) is 0.838. The zero-order valence-electron chi connectivity index (χ0n) is 12.1. The summed E-state index contributed by atoms with van der Waals surface area (Å²) in [7, 11) is 0. The van der Waals surface area contributed by atoms with Crippen molar-refractivity contribution >= 4 is 30.0 Å². The lowest BCUT2D eigenvalue weighted by atomic mass is 10.0. The maximum Gasteiger partial charge on any atom is 0.338 e. The van der Waals surface area contributed by atoms with Crippen molar-refractivity contribution in [3.05, 3.63) is 29.8 Å². The van der Waals surface area contributed by atoms with Crippen molar-refractivity contribution in [2.75, 3.05) is 18.5 Å². The van der Waals surface area contributed by atoms with Crippen molar-refractivity contribution in [2.24, 2.45) is 0 Å². The Kier molecular flexibility index (Phi) is 7.19. The van der Waals surface area contributed by atoms with E-state index in [0.29, 0.717) is 17.9 Å². The molecular weight excluding hydrogens is 292 g/mol. The summed E-state index contributed by atoms with van der Waals surface area (Å²) in [5, 5.41) is 6.03. The second-order valence-electron chi connectivity index (χ2n) is 4.79. The Morgan fingerprint density at radius 2 is 2.19 bits per heavy atom. The molecule has 1 aliphatic heterocycles. The third kappa shape index (κ3) is 5.02. The Bertz CT molecular complexity index is 488. The van der Waals surface area contributed by atoms with E-state index >= 15 is 0 Å². The Balaban J connectivity index is 0.00000220. The molecule has 1 atom stereocenters. The van der Waals surface area contributed by atoms with Crippen LogP contribution in [-0.4, -0.2) is 31.1 Å². The van der Waals surface area contributed by atoms with Crippen LogP contribution in [0.1, 0.15) is 36.5 Å². The molecule has 0 aromatic heterocycles. The summed E-state index contributed by atoms with van der Waals surface area (Å²) in [5.74, 6) is -0.426. The van der Waals surface area contributed by atoms with Crippen molar-refractivity contribution in [3.63, 3.8) is 0 Å². The highest BCUT2D eigenvalue weighted by Gasteiger charge is 2.20. The fourth-order valence-corrected chi connectivity index (χ4v) is 2.24. The third-order valence-electron chi connectivity index (χ3n) is 3.27. The van der Waals surface area contributed by atoms with Gasteiger partial charge in [-0.25, -0.2) is 4.79 Å². The predicted octanol–water partition coefficient (Wildman–Crippen LogP) is 2.37. The van der Waals surface area contributed by atoms with Gasteiger partial charge in [0.25, 0.3) is 0 Å². The highest BCUT2D eigenvalue weighted by atomic mass is 35.5. The lowest BCUT2D eigenvalue weighted by Crippen LogP contribution is -2.43. The molecule has 1 aromatic rings. The Hall–Kier alpha value is -1.59. The first-order valence-electron chi connectivity index (χ1n) is 7.02. The van der Waals surface area contributed by atoms with E-state index in [1.807, 2.05) is 0 Å². The van der Waals surface area contributed by atoms with Gasteiger partial charge in [-0.15, -0.1) is 12.4 Å². The standard InChI is InChI=1S/C15H20N2O3.ClH/c1-2-20-15(19)11-6-5-7-12(10-11)17-14(18)13-8-3-4-9-16-13;/h5-7,10,13,16H,2-4,8-9H2,1H3,(H,17,18);1H/t13-;/m1./s1. The summed E-state index contributed by atoms with van der Waals surface area (Å²) in [6.45, 7) is 2.97. The van der Waals surface area contributed by atoms with Crippen LogP contribution < -0.4 is 10.6 Å². The maximum absolute atomic E-state index is 12.1. The summed E-state index contributed by atoms with van der Waals surface area (Å²) in [6.07, 6.45) is 3.03. The minimum absolute atomic E-state index is 0. The van der Waals surface area contributed by atoms with Crippen molar-refractivity contribution in [1.29, 1.82) is 0 Å². The molecule has 1 aliphatic rings. The first-order chi connectivity index (χ1) is 9.70. The first-order valence-corrected chi connectivity index (χ1v) is 7.02. The molecule has 1 saturated heterocycles. The lowest BCUT2D eigenvalue weighted by Gasteiger charge is -2.22. The molecule has 1 fully saturated rings. The zero-order valence-corrected chi connectivity index (χ0v) is 12.9. The van der Waals surface area contributed by atoms with Gasteiger partial charge < -0.3 is 15.4 Å². The van der Waals surface area contributed by atoms with Crippen LogP contribution in [0.4, 0.5) is 5.69 Å². The second-order valence-corrected chi connectivity index (χ2v) is 4.79. The van der Waals surface area contributed by atoms with Crippen molar-refractivity contribution in [1.82, 2.24) is 5.32 Å². The van der Waals surface area contributed by atoms with Crippen LogP contribution in [0, 0.1) is 0 Å². The number of nitrogens with one attached hydrogen (secondary N) is 2. The Labute approximate surface area is 130 Å². The van der Waals surface area contributed by atoms with E-state index in [0.717, 1.165) is 25.8 Å². The molecule has 6 heteroatoms. The first kappa shape index (κ1) is 17.5. The number of carbonyl (C=O) groups is 2. The fourth-order valence-electron chi connectivity index (χ4n) is 2.24. The van der Waals surface area contributed by atoms with Gasteiger partial charge >= 0.3 is 5.97 Å². The minimum Gasteiger partial charge on any atom is -0.462 e. The third-order valence-corrected chi connectivity index (χ3v) is 3.27. The van der Waals surface area contributed by atoms with Crippen molar-refractivity contribution in [3.8, 4) is 0 Å². The number of hydrogen-bond donors (Lipinski definition) is 2. The molecule has 0 aliphatic carbocycles. The Morgan fingerprint density at radius 3 is 2.86 bits per heavy atom. The van der Waals surface area contributed by atoms with Gasteiger partial charge in [0.05, 0.1) is 18.2 Å². The predicted molar refractivity (Wildman–Crippen MR) is 83.9 cm³/mol. The number of anilines is 1. The van der Waals surface area contributed by atoms with E-state index in [1.165, 1.54) is 0 Å². The van der Waals surface area contributed by atoms with Gasteiger partial charge in [-0.1, -0.05) is 12.5 Å². The normalized spacial score (nSPS) is 17.5. The van der Waals surface area contributed by atoms with Gasteiger partial charge in [0, 0.05) is 5.69 Å². The van der Waals surface area contributed by atoms with Crippen LogP contribution in [0.25, 0.3) is 0 Å². The van der Waals surface area contributed by atoms with Crippen LogP contribution in [-0.2, 0) is 9.53 Å². The van der Waals surface area contributed by atoms with Crippen molar-refractivity contribution in [2.45, 2.75) is 32.2 Å². The van der Waals surface area contributed by atoms with E-state index in [9.17, 15) is 9.59 Å². The SMILES string of the molecule is CCOC(=O)c1cccc(NC(=O)[C@H]2CCCCN2)c1.Cl. The highest BCUT2D eigenvalue weighted by molar-refractivity contribution is 5.97. The fraction of sp³-hybridized carbons (Fsp3) is 0.467. The monoisotopic (exact) mass is 312 g/mol. The number of piperidine rings is 1. The molecule has 1 amide bonds. The molecular formula is C15H21ClN2O3. The molecule has 0 unspecified atom stereocenters. The maximum atomic E-state index is 12.1. The number of esters is 1. The minimum atomic E-state index is -0.376. The molecule has 0 spiro atoms. The number of carbonyl (C=O) groups excluding carboxylic acids is 2. The number of benzene rings is 1. The van der Waals surface area contributed by atoms with Gasteiger partial charge in [-0.3, -0.25) is 4.79 Å². The summed E-state index contributed by atoms with van der Waals surface area (Å²) >= 11 is 0. The topological polar surface area (TPSA) is 67.4 Å². The van der Waals surface area contributed by atoms with Crippen LogP contribution >= 0.6 is 12.4 Å². The largest absolute Gasteiger partial charge is 0.462 e. The highest BCUT2D eigenvalue weighted by Crippen LogP contribution is 2.14. The number of halogens is 1. The Morgan fingerprint density at radius 1 is 1.38 bits per heavy atom. The molecule has 1 heterocycles. The molecule has 0 saturated carbocycles. The van der Waals surface area contributed by atoms with Crippen LogP contribution in [0.2, 0.25) is 0 Å². The number of amides is 1. The average Bonchev–Trinajstić information content (AvgIpc) is 2.48. The second kappa shape index (κ2) is 8.64. The zero-order chi connectivity index (χ0) is 14.4. The van der Waals surface area contributed by atoms with Gasteiger partial charge in [0.15, 0.2) is 0 Å². The van der Waals surface area contributed by atoms with E-state index in [1.54, 1.807) is 31.2 Å². The summed E-state index contributed by atoms with van der Waals surface area (Å²) in [4.78, 5) is 23.7. The summed E-state index contributed by atoms with van der Waals surface area (Å²) < 4.78 is 4.94. The molecule has 0 radical (unpaired) electrons. The van der Waals surface area contributed by atoms with Gasteiger partial charge in [0.2, 0.25) is 5.91 Å². The summed E-state index contributed by atoms with van der Waals surface area (Å²) in [5.41, 5.74) is 1.06. The lowest BCUT2D eigenvalue weighted by molar-refractivity contribution is -0.118. The molecule has 2 N–H and O–H groups in total. The van der Waals surface area contributed by atoms with Gasteiger partial charge in [0.1, 0.15) is 0 Å². The van der Waals surface area contributed by atoms with Crippen LogP contribution in [0.3, 0.4) is 0 Å². The molecule has 0 bridgehead atoms. The van der Waals surface area contributed by atoms with Crippen LogP contribution in [0.5, 0.6) is 0 Å². The van der Waals surface area contributed by atoms with Gasteiger partial charge in [-0.2, -0.15) is 0 Å².